The van der Waals surface area contributed by atoms with Crippen molar-refractivity contribution in [2.45, 2.75) is 18.8 Å². The fourth-order valence-electron chi connectivity index (χ4n) is 3.83. The Morgan fingerprint density at radius 2 is 2.09 bits per heavy atom. The third kappa shape index (κ3) is 1.75. The Morgan fingerprint density at radius 3 is 2.86 bits per heavy atom. The average Bonchev–Trinajstić information content (AvgIpc) is 3.02. The van der Waals surface area contributed by atoms with Crippen LogP contribution >= 0.6 is 11.8 Å². The Balaban J connectivity index is 2.00. The van der Waals surface area contributed by atoms with Crippen molar-refractivity contribution >= 4 is 17.5 Å². The lowest BCUT2D eigenvalue weighted by molar-refractivity contribution is -0.114. The number of rotatable bonds is 2. The molecule has 3 aliphatic heterocycles. The zero-order valence-corrected chi connectivity index (χ0v) is 13.2. The largest absolute Gasteiger partial charge is 0.341 e. The molecule has 0 aliphatic carbocycles. The summed E-state index contributed by atoms with van der Waals surface area (Å²) < 4.78 is 0. The molecule has 0 fully saturated rings. The second kappa shape index (κ2) is 5.09. The number of hydrogen-bond acceptors (Lipinski definition) is 5. The number of carbonyl (C=O) groups excluding carboxylic acids is 1. The van der Waals surface area contributed by atoms with Crippen LogP contribution in [0.5, 0.6) is 0 Å². The Morgan fingerprint density at radius 1 is 1.27 bits per heavy atom. The van der Waals surface area contributed by atoms with Crippen LogP contribution in [0.15, 0.2) is 63.2 Å². The zero-order valence-electron chi connectivity index (χ0n) is 12.4. The van der Waals surface area contributed by atoms with Gasteiger partial charge in [-0.15, -0.1) is 16.9 Å². The van der Waals surface area contributed by atoms with Gasteiger partial charge >= 0.3 is 0 Å². The highest BCUT2D eigenvalue weighted by Gasteiger charge is 2.49. The first kappa shape index (κ1) is 13.8. The molecular weight excluding hydrogens is 294 g/mol. The first-order valence-corrected chi connectivity index (χ1v) is 8.71. The molecule has 0 spiro atoms. The van der Waals surface area contributed by atoms with Gasteiger partial charge in [0.25, 0.3) is 0 Å². The molecule has 4 rings (SSSR count). The van der Waals surface area contributed by atoms with Crippen molar-refractivity contribution in [2.75, 3.05) is 18.1 Å². The van der Waals surface area contributed by atoms with E-state index in [1.165, 1.54) is 5.56 Å². The summed E-state index contributed by atoms with van der Waals surface area (Å²) in [7, 11) is 0. The molecule has 5 heteroatoms. The van der Waals surface area contributed by atoms with Crippen LogP contribution in [0.1, 0.15) is 18.9 Å². The molecule has 4 nitrogen and oxygen atoms in total. The van der Waals surface area contributed by atoms with Gasteiger partial charge in [-0.2, -0.15) is 5.11 Å². The Labute approximate surface area is 133 Å². The molecule has 112 valence electrons. The molecule has 3 heterocycles. The summed E-state index contributed by atoms with van der Waals surface area (Å²) in [5.41, 5.74) is 3.89. The maximum absolute atomic E-state index is 12.8. The topological polar surface area (TPSA) is 53.8 Å². The van der Waals surface area contributed by atoms with Gasteiger partial charge < -0.3 is 5.32 Å². The predicted octanol–water partition coefficient (Wildman–Crippen LogP) is 3.19. The summed E-state index contributed by atoms with van der Waals surface area (Å²) >= 11 is 1.66. The van der Waals surface area contributed by atoms with E-state index in [0.717, 1.165) is 34.8 Å². The fourth-order valence-corrected chi connectivity index (χ4v) is 4.68. The van der Waals surface area contributed by atoms with Crippen LogP contribution in [-0.2, 0) is 10.2 Å². The van der Waals surface area contributed by atoms with Crippen molar-refractivity contribution in [3.05, 3.63) is 58.6 Å². The van der Waals surface area contributed by atoms with Crippen molar-refractivity contribution in [1.82, 2.24) is 5.32 Å². The molecule has 1 aromatic rings. The molecule has 0 bridgehead atoms. The van der Waals surface area contributed by atoms with E-state index in [4.69, 9.17) is 0 Å². The van der Waals surface area contributed by atoms with Crippen molar-refractivity contribution in [3.63, 3.8) is 0 Å². The summed E-state index contributed by atoms with van der Waals surface area (Å²) in [6.45, 7) is 2.73. The van der Waals surface area contributed by atoms with Gasteiger partial charge in [-0.05, 0) is 12.0 Å². The molecule has 0 saturated carbocycles. The van der Waals surface area contributed by atoms with E-state index < -0.39 is 0 Å². The van der Waals surface area contributed by atoms with E-state index in [1.807, 2.05) is 18.2 Å². The number of carbonyl (C=O) groups is 1. The maximum atomic E-state index is 12.8. The number of nitrogens with zero attached hydrogens (tertiary/aromatic N) is 2. The highest BCUT2D eigenvalue weighted by molar-refractivity contribution is 8.00. The van der Waals surface area contributed by atoms with Gasteiger partial charge in [-0.3, -0.25) is 4.79 Å². The summed E-state index contributed by atoms with van der Waals surface area (Å²) in [6, 6.07) is 10.3. The van der Waals surface area contributed by atoms with Crippen LogP contribution in [0, 0.1) is 0 Å². The zero-order chi connectivity index (χ0) is 15.2. The van der Waals surface area contributed by atoms with Gasteiger partial charge in [-0.25, -0.2) is 0 Å². The minimum atomic E-state index is -0.376. The fraction of sp³-hybridized carbons (Fsp3) is 0.353. The van der Waals surface area contributed by atoms with Crippen LogP contribution in [0.4, 0.5) is 0 Å². The monoisotopic (exact) mass is 311 g/mol. The van der Waals surface area contributed by atoms with E-state index in [-0.39, 0.29) is 11.2 Å². The SMILES string of the molecule is CCC1(c2ccccc2)C2=C(N=NC2)NC2=C1C(=O)CSC2. The normalized spacial score (nSPS) is 26.9. The molecular formula is C17H17N3OS. The number of azo groups is 1. The Hall–Kier alpha value is -1.88. The minimum Gasteiger partial charge on any atom is -0.341 e. The van der Waals surface area contributed by atoms with Crippen molar-refractivity contribution < 1.29 is 4.79 Å². The second-order valence-electron chi connectivity index (χ2n) is 5.75. The molecule has 0 saturated heterocycles. The van der Waals surface area contributed by atoms with Gasteiger partial charge in [0.2, 0.25) is 0 Å². The minimum absolute atomic E-state index is 0.239. The molecule has 1 atom stereocenters. The quantitative estimate of drug-likeness (QED) is 0.912. The van der Waals surface area contributed by atoms with Crippen LogP contribution in [0.3, 0.4) is 0 Å². The van der Waals surface area contributed by atoms with Crippen molar-refractivity contribution in [1.29, 1.82) is 0 Å². The van der Waals surface area contributed by atoms with Gasteiger partial charge in [0.05, 0.1) is 17.7 Å². The summed E-state index contributed by atoms with van der Waals surface area (Å²) in [5, 5.41) is 11.9. The maximum Gasteiger partial charge on any atom is 0.171 e. The second-order valence-corrected chi connectivity index (χ2v) is 6.73. The van der Waals surface area contributed by atoms with E-state index >= 15 is 0 Å². The van der Waals surface area contributed by atoms with E-state index in [1.54, 1.807) is 11.8 Å². The molecule has 1 N–H and O–H groups in total. The lowest BCUT2D eigenvalue weighted by Gasteiger charge is -2.42. The first-order chi connectivity index (χ1) is 10.8. The molecule has 0 amide bonds. The van der Waals surface area contributed by atoms with Crippen molar-refractivity contribution in [2.24, 2.45) is 10.2 Å². The van der Waals surface area contributed by atoms with Gasteiger partial charge in [0, 0.05) is 22.6 Å². The van der Waals surface area contributed by atoms with Crippen LogP contribution in [-0.4, -0.2) is 23.8 Å². The lowest BCUT2D eigenvalue weighted by Crippen LogP contribution is -2.44. The third-order valence-corrected chi connectivity index (χ3v) is 5.71. The third-order valence-electron chi connectivity index (χ3n) is 4.75. The number of thioether (sulfide) groups is 1. The van der Waals surface area contributed by atoms with E-state index in [2.05, 4.69) is 34.6 Å². The number of allylic oxidation sites excluding steroid dienone is 1. The Bertz CT molecular complexity index is 736. The number of dihydropyridines is 1. The van der Waals surface area contributed by atoms with Crippen molar-refractivity contribution in [3.8, 4) is 0 Å². The number of hydrogen-bond donors (Lipinski definition) is 1. The van der Waals surface area contributed by atoms with Crippen LogP contribution in [0.2, 0.25) is 0 Å². The number of benzene rings is 1. The van der Waals surface area contributed by atoms with E-state index in [9.17, 15) is 4.79 Å². The molecule has 1 unspecified atom stereocenters. The average molecular weight is 311 g/mol. The lowest BCUT2D eigenvalue weighted by atomic mass is 9.64. The van der Waals surface area contributed by atoms with Gasteiger partial charge in [0.15, 0.2) is 11.6 Å². The molecule has 0 radical (unpaired) electrons. The van der Waals surface area contributed by atoms with Crippen LogP contribution in [0.25, 0.3) is 0 Å². The van der Waals surface area contributed by atoms with Gasteiger partial charge in [0.1, 0.15) is 0 Å². The predicted molar refractivity (Wildman–Crippen MR) is 87.7 cm³/mol. The number of nitrogens with one attached hydrogen (secondary N) is 1. The summed E-state index contributed by atoms with van der Waals surface area (Å²) in [5.74, 6) is 2.48. The smallest absolute Gasteiger partial charge is 0.171 e. The highest BCUT2D eigenvalue weighted by atomic mass is 32.2. The molecule has 3 aliphatic rings. The number of ketones is 1. The molecule has 1 aromatic carbocycles. The van der Waals surface area contributed by atoms with Gasteiger partial charge in [-0.1, -0.05) is 37.3 Å². The summed E-state index contributed by atoms with van der Waals surface area (Å²) in [4.78, 5) is 12.8. The van der Waals surface area contributed by atoms with E-state index in [0.29, 0.717) is 12.3 Å². The summed E-state index contributed by atoms with van der Waals surface area (Å²) in [6.07, 6.45) is 0.845. The molecule has 22 heavy (non-hydrogen) atoms. The number of Topliss-reactive ketones (excluding diaryl/α,β-unsaturated/α-hetero) is 1. The highest BCUT2D eigenvalue weighted by Crippen LogP contribution is 2.50. The molecule has 0 aromatic heterocycles. The first-order valence-electron chi connectivity index (χ1n) is 7.55. The Kier molecular flexibility index (Phi) is 3.18. The van der Waals surface area contributed by atoms with Crippen LogP contribution < -0.4 is 5.32 Å². The standard InChI is InChI=1S/C17H17N3OS/c1-2-17(11-6-4-3-5-7-11)12-8-18-20-16(12)19-13-9-22-10-14(21)15(13)17/h3-7,19H,2,8-10H2,1H3.